The number of aliphatic hydroxyl groups excluding tert-OH is 1. The Hall–Kier alpha value is -2.15. The number of urea groups is 1. The van der Waals surface area contributed by atoms with Crippen LogP contribution in [0.25, 0.3) is 0 Å². The summed E-state index contributed by atoms with van der Waals surface area (Å²) in [5.41, 5.74) is 8.49. The lowest BCUT2D eigenvalue weighted by molar-refractivity contribution is -0.108. The number of rotatable bonds is 2. The average Bonchev–Trinajstić information content (AvgIpc) is 2.67. The van der Waals surface area contributed by atoms with E-state index in [2.05, 4.69) is 10.4 Å². The summed E-state index contributed by atoms with van der Waals surface area (Å²) >= 11 is 0. The smallest absolute Gasteiger partial charge is 0.332 e. The largest absolute Gasteiger partial charge is 0.396 e. The lowest BCUT2D eigenvalue weighted by Gasteiger charge is -2.11. The molecule has 17 heavy (non-hydrogen) atoms. The molecule has 0 saturated carbocycles. The number of allylic oxidation sites excluding steroid dienone is 3. The molecule has 1 saturated heterocycles. The van der Waals surface area contributed by atoms with Crippen LogP contribution in [0.4, 0.5) is 4.79 Å². The topological polar surface area (TPSA) is 117 Å². The molecule has 1 heterocycles. The fourth-order valence-corrected chi connectivity index (χ4v) is 1.78. The van der Waals surface area contributed by atoms with Gasteiger partial charge in [0.25, 0.3) is 0 Å². The van der Waals surface area contributed by atoms with Crippen LogP contribution in [0.15, 0.2) is 28.5 Å². The van der Waals surface area contributed by atoms with E-state index >= 15 is 0 Å². The predicted molar refractivity (Wildman–Crippen MR) is 59.9 cm³/mol. The second-order valence-electron chi connectivity index (χ2n) is 3.76. The van der Waals surface area contributed by atoms with Crippen LogP contribution in [0, 0.1) is 5.92 Å². The first-order valence-corrected chi connectivity index (χ1v) is 5.07. The van der Waals surface area contributed by atoms with Gasteiger partial charge in [-0.2, -0.15) is 5.10 Å². The van der Waals surface area contributed by atoms with Crippen molar-refractivity contribution in [2.24, 2.45) is 16.8 Å². The molecule has 7 heteroatoms. The van der Waals surface area contributed by atoms with E-state index in [1.807, 2.05) is 5.43 Å². The number of primary amides is 1. The van der Waals surface area contributed by atoms with E-state index in [0.717, 1.165) is 5.57 Å². The number of amides is 2. The van der Waals surface area contributed by atoms with Gasteiger partial charge in [0.05, 0.1) is 6.61 Å². The maximum absolute atomic E-state index is 11.6. The molecular weight excluding hydrogens is 224 g/mol. The van der Waals surface area contributed by atoms with Gasteiger partial charge in [0, 0.05) is 24.2 Å². The highest BCUT2D eigenvalue weighted by molar-refractivity contribution is 6.49. The molecule has 1 unspecified atom stereocenters. The lowest BCUT2D eigenvalue weighted by atomic mass is 9.94. The molecule has 0 radical (unpaired) electrons. The van der Waals surface area contributed by atoms with Crippen molar-refractivity contribution >= 4 is 17.5 Å². The summed E-state index contributed by atoms with van der Waals surface area (Å²) in [4.78, 5) is 22.1. The number of carbonyl (C=O) groups is 2. The number of nitrogens with zero attached hydrogens (tertiary/aromatic N) is 1. The van der Waals surface area contributed by atoms with Crippen molar-refractivity contribution in [3.05, 3.63) is 23.4 Å². The minimum Gasteiger partial charge on any atom is -0.396 e. The van der Waals surface area contributed by atoms with Crippen LogP contribution in [0.2, 0.25) is 0 Å². The maximum Gasteiger partial charge on any atom is 0.332 e. The molecule has 90 valence electrons. The first-order chi connectivity index (χ1) is 8.11. The van der Waals surface area contributed by atoms with Gasteiger partial charge in [0.1, 0.15) is 5.71 Å². The minimum atomic E-state index is -0.832. The average molecular weight is 236 g/mol. The summed E-state index contributed by atoms with van der Waals surface area (Å²) in [7, 11) is 0. The normalized spacial score (nSPS) is 24.9. The maximum atomic E-state index is 11.6. The SMILES string of the molecule is NC(=O)N/N=C1\C=C2C(=CC1=O)NCC2CO. The molecule has 0 aromatic heterocycles. The highest BCUT2D eigenvalue weighted by atomic mass is 16.3. The van der Waals surface area contributed by atoms with Gasteiger partial charge in [0.15, 0.2) is 0 Å². The van der Waals surface area contributed by atoms with E-state index in [4.69, 9.17) is 10.8 Å². The number of carbonyl (C=O) groups excluding carboxylic acids is 2. The Morgan fingerprint density at radius 2 is 2.41 bits per heavy atom. The molecular formula is C10H12N4O3. The molecule has 1 aliphatic carbocycles. The van der Waals surface area contributed by atoms with E-state index < -0.39 is 6.03 Å². The number of hydrogen-bond acceptors (Lipinski definition) is 5. The lowest BCUT2D eigenvalue weighted by Crippen LogP contribution is -2.28. The predicted octanol–water partition coefficient (Wildman–Crippen LogP) is -1.38. The van der Waals surface area contributed by atoms with Crippen LogP contribution in [0.3, 0.4) is 0 Å². The monoisotopic (exact) mass is 236 g/mol. The highest BCUT2D eigenvalue weighted by Crippen LogP contribution is 2.26. The van der Waals surface area contributed by atoms with E-state index in [0.29, 0.717) is 12.2 Å². The molecule has 1 fully saturated rings. The van der Waals surface area contributed by atoms with E-state index in [1.54, 1.807) is 6.08 Å². The van der Waals surface area contributed by atoms with Crippen LogP contribution in [0.1, 0.15) is 0 Å². The van der Waals surface area contributed by atoms with E-state index in [-0.39, 0.29) is 24.0 Å². The molecule has 2 aliphatic rings. The van der Waals surface area contributed by atoms with Crippen LogP contribution < -0.4 is 16.5 Å². The van der Waals surface area contributed by atoms with Gasteiger partial charge >= 0.3 is 6.03 Å². The van der Waals surface area contributed by atoms with Crippen molar-refractivity contribution in [2.45, 2.75) is 0 Å². The second kappa shape index (κ2) is 4.38. The van der Waals surface area contributed by atoms with Crippen molar-refractivity contribution in [3.8, 4) is 0 Å². The van der Waals surface area contributed by atoms with E-state index in [9.17, 15) is 9.59 Å². The molecule has 2 amide bonds. The zero-order valence-corrected chi connectivity index (χ0v) is 8.93. The molecule has 2 rings (SSSR count). The molecule has 0 bridgehead atoms. The third-order valence-corrected chi connectivity index (χ3v) is 2.62. The van der Waals surface area contributed by atoms with Gasteiger partial charge in [-0.25, -0.2) is 10.2 Å². The van der Waals surface area contributed by atoms with Crippen molar-refractivity contribution in [2.75, 3.05) is 13.2 Å². The fourth-order valence-electron chi connectivity index (χ4n) is 1.78. The van der Waals surface area contributed by atoms with Gasteiger partial charge in [-0.05, 0) is 11.6 Å². The fraction of sp³-hybridized carbons (Fsp3) is 0.300. The molecule has 0 spiro atoms. The minimum absolute atomic E-state index is 0.0130. The highest BCUT2D eigenvalue weighted by Gasteiger charge is 2.29. The third-order valence-electron chi connectivity index (χ3n) is 2.62. The Morgan fingerprint density at radius 3 is 3.06 bits per heavy atom. The van der Waals surface area contributed by atoms with Crippen molar-refractivity contribution in [3.63, 3.8) is 0 Å². The molecule has 1 atom stereocenters. The Morgan fingerprint density at radius 1 is 1.65 bits per heavy atom. The summed E-state index contributed by atoms with van der Waals surface area (Å²) in [5, 5.41) is 15.8. The number of hydrogen-bond donors (Lipinski definition) is 4. The quantitative estimate of drug-likeness (QED) is 0.349. The molecule has 7 nitrogen and oxygen atoms in total. The van der Waals surface area contributed by atoms with Crippen molar-refractivity contribution in [1.82, 2.24) is 10.7 Å². The summed E-state index contributed by atoms with van der Waals surface area (Å²) in [6, 6.07) is -0.832. The van der Waals surface area contributed by atoms with Crippen LogP contribution >= 0.6 is 0 Å². The Kier molecular flexibility index (Phi) is 2.92. The first kappa shape index (κ1) is 11.3. The van der Waals surface area contributed by atoms with Gasteiger partial charge in [-0.1, -0.05) is 0 Å². The third kappa shape index (κ3) is 2.18. The van der Waals surface area contributed by atoms with Crippen LogP contribution in [-0.4, -0.2) is 35.8 Å². The number of nitrogens with one attached hydrogen (secondary N) is 2. The molecule has 5 N–H and O–H groups in total. The first-order valence-electron chi connectivity index (χ1n) is 5.07. The summed E-state index contributed by atoms with van der Waals surface area (Å²) in [6.07, 6.45) is 2.95. The number of nitrogens with two attached hydrogens (primary N) is 1. The molecule has 0 aromatic carbocycles. The number of hydrazone groups is 1. The number of aliphatic hydroxyl groups is 1. The molecule has 0 aromatic rings. The van der Waals surface area contributed by atoms with Crippen LogP contribution in [0.5, 0.6) is 0 Å². The Balaban J connectivity index is 2.27. The van der Waals surface area contributed by atoms with Gasteiger partial charge in [0.2, 0.25) is 5.78 Å². The second-order valence-corrected chi connectivity index (χ2v) is 3.76. The van der Waals surface area contributed by atoms with Gasteiger partial charge < -0.3 is 16.2 Å². The van der Waals surface area contributed by atoms with Crippen molar-refractivity contribution in [1.29, 1.82) is 0 Å². The number of fused-ring (bicyclic) bond motifs is 1. The zero-order valence-electron chi connectivity index (χ0n) is 8.93. The Bertz CT molecular complexity index is 464. The van der Waals surface area contributed by atoms with Crippen molar-refractivity contribution < 1.29 is 14.7 Å². The summed E-state index contributed by atoms with van der Waals surface area (Å²) in [5.74, 6) is -0.378. The van der Waals surface area contributed by atoms with Gasteiger partial charge in [-0.15, -0.1) is 0 Å². The molecule has 1 aliphatic heterocycles. The zero-order chi connectivity index (χ0) is 12.4. The summed E-state index contributed by atoms with van der Waals surface area (Å²) in [6.45, 7) is 0.568. The summed E-state index contributed by atoms with van der Waals surface area (Å²) < 4.78 is 0. The standard InChI is InChI=1S/C10H12N4O3/c11-10(17)14-13-8-1-6-5(4-15)3-12-7(6)2-9(8)16/h1-2,5,12,15H,3-4H2,(H3,11,14,17)/b13-8+. The van der Waals surface area contributed by atoms with Gasteiger partial charge in [-0.3, -0.25) is 4.79 Å². The van der Waals surface area contributed by atoms with Crippen LogP contribution in [-0.2, 0) is 4.79 Å². The van der Waals surface area contributed by atoms with E-state index in [1.165, 1.54) is 6.08 Å². The number of ketones is 1. The Labute approximate surface area is 97.1 Å².